The van der Waals surface area contributed by atoms with Gasteiger partial charge in [-0.3, -0.25) is 4.99 Å². The summed E-state index contributed by atoms with van der Waals surface area (Å²) in [4.78, 5) is 4.02. The Morgan fingerprint density at radius 3 is 3.08 bits per heavy atom. The van der Waals surface area contributed by atoms with E-state index in [1.807, 2.05) is 12.1 Å². The predicted octanol–water partition coefficient (Wildman–Crippen LogP) is 2.73. The van der Waals surface area contributed by atoms with E-state index >= 15 is 0 Å². The van der Waals surface area contributed by atoms with Crippen LogP contribution in [0.25, 0.3) is 6.08 Å². The molecule has 0 unspecified atom stereocenters. The van der Waals surface area contributed by atoms with Crippen molar-refractivity contribution in [1.82, 2.24) is 0 Å². The third kappa shape index (κ3) is 1.52. The lowest BCUT2D eigenvalue weighted by Gasteiger charge is -2.04. The standard InChI is InChI=1S/C11H10FN/c1-8-6-9-2-4-13-5-3-10(9)7-11(8)12/h2,4-7H,3H2,1H3. The van der Waals surface area contributed by atoms with Gasteiger partial charge in [-0.15, -0.1) is 0 Å². The Balaban J connectivity index is 2.58. The highest BCUT2D eigenvalue weighted by Gasteiger charge is 2.05. The summed E-state index contributed by atoms with van der Waals surface area (Å²) in [6, 6.07) is 3.45. The van der Waals surface area contributed by atoms with E-state index < -0.39 is 0 Å². The van der Waals surface area contributed by atoms with Gasteiger partial charge in [0.25, 0.3) is 0 Å². The number of fused-ring (bicyclic) bond motifs is 1. The van der Waals surface area contributed by atoms with Crippen molar-refractivity contribution < 1.29 is 4.39 Å². The fourth-order valence-corrected chi connectivity index (χ4v) is 1.41. The first-order valence-corrected chi connectivity index (χ1v) is 4.24. The molecule has 13 heavy (non-hydrogen) atoms. The molecule has 1 aliphatic heterocycles. The van der Waals surface area contributed by atoms with Crippen LogP contribution in [0.2, 0.25) is 0 Å². The highest BCUT2D eigenvalue weighted by molar-refractivity contribution is 5.70. The van der Waals surface area contributed by atoms with Crippen molar-refractivity contribution in [2.75, 3.05) is 0 Å². The van der Waals surface area contributed by atoms with Crippen molar-refractivity contribution in [3.8, 4) is 0 Å². The molecule has 0 aromatic heterocycles. The Morgan fingerprint density at radius 2 is 2.23 bits per heavy atom. The minimum absolute atomic E-state index is 0.137. The molecule has 1 aliphatic rings. The lowest BCUT2D eigenvalue weighted by Crippen LogP contribution is -1.93. The van der Waals surface area contributed by atoms with Gasteiger partial charge in [0.2, 0.25) is 0 Å². The quantitative estimate of drug-likeness (QED) is 0.575. The zero-order valence-electron chi connectivity index (χ0n) is 7.42. The third-order valence-corrected chi connectivity index (χ3v) is 2.18. The molecule has 0 saturated heterocycles. The SMILES string of the molecule is Cc1cc2c(cc1F)CC=NC=C2. The Kier molecular flexibility index (Phi) is 1.97. The largest absolute Gasteiger partial charge is 0.269 e. The van der Waals surface area contributed by atoms with E-state index in [2.05, 4.69) is 4.99 Å². The molecule has 0 bridgehead atoms. The summed E-state index contributed by atoms with van der Waals surface area (Å²) in [5.74, 6) is -0.137. The van der Waals surface area contributed by atoms with Crippen LogP contribution in [0.3, 0.4) is 0 Å². The maximum absolute atomic E-state index is 13.2. The Labute approximate surface area is 76.6 Å². The van der Waals surface area contributed by atoms with E-state index in [1.165, 1.54) is 0 Å². The maximum atomic E-state index is 13.2. The number of aryl methyl sites for hydroxylation is 1. The van der Waals surface area contributed by atoms with Crippen LogP contribution in [-0.4, -0.2) is 6.21 Å². The van der Waals surface area contributed by atoms with Crippen molar-refractivity contribution in [2.45, 2.75) is 13.3 Å². The number of hydrogen-bond donors (Lipinski definition) is 0. The van der Waals surface area contributed by atoms with Gasteiger partial charge in [0.1, 0.15) is 5.82 Å². The molecular weight excluding hydrogens is 165 g/mol. The molecule has 0 amide bonds. The summed E-state index contributed by atoms with van der Waals surface area (Å²) in [6.07, 6.45) is 6.14. The van der Waals surface area contributed by atoms with Crippen LogP contribution in [0, 0.1) is 12.7 Å². The average Bonchev–Trinajstić information content (AvgIpc) is 2.31. The summed E-state index contributed by atoms with van der Waals surface area (Å²) in [5.41, 5.74) is 2.75. The first-order chi connectivity index (χ1) is 6.27. The van der Waals surface area contributed by atoms with Gasteiger partial charge in [-0.1, -0.05) is 0 Å². The number of rotatable bonds is 0. The van der Waals surface area contributed by atoms with Gasteiger partial charge in [-0.05, 0) is 41.8 Å². The zero-order chi connectivity index (χ0) is 9.26. The molecule has 1 nitrogen and oxygen atoms in total. The summed E-state index contributed by atoms with van der Waals surface area (Å²) >= 11 is 0. The second kappa shape index (κ2) is 3.13. The molecule has 0 fully saturated rings. The van der Waals surface area contributed by atoms with E-state index in [-0.39, 0.29) is 5.82 Å². The molecule has 0 saturated carbocycles. The summed E-state index contributed by atoms with van der Waals surface area (Å²) < 4.78 is 13.2. The van der Waals surface area contributed by atoms with E-state index in [0.29, 0.717) is 12.0 Å². The molecule has 0 N–H and O–H groups in total. The molecule has 1 aromatic rings. The molecule has 0 radical (unpaired) electrons. The lowest BCUT2D eigenvalue weighted by molar-refractivity contribution is 0.617. The monoisotopic (exact) mass is 175 g/mol. The van der Waals surface area contributed by atoms with Crippen molar-refractivity contribution >= 4 is 12.3 Å². The van der Waals surface area contributed by atoms with E-state index in [4.69, 9.17) is 0 Å². The zero-order valence-corrected chi connectivity index (χ0v) is 7.42. The van der Waals surface area contributed by atoms with Crippen molar-refractivity contribution in [3.63, 3.8) is 0 Å². The van der Waals surface area contributed by atoms with Crippen LogP contribution in [0.5, 0.6) is 0 Å². The molecule has 0 atom stereocenters. The molecule has 66 valence electrons. The molecule has 1 aromatic carbocycles. The van der Waals surface area contributed by atoms with Crippen LogP contribution >= 0.6 is 0 Å². The van der Waals surface area contributed by atoms with Crippen LogP contribution in [0.4, 0.5) is 4.39 Å². The Morgan fingerprint density at radius 1 is 1.38 bits per heavy atom. The minimum atomic E-state index is -0.137. The fourth-order valence-electron chi connectivity index (χ4n) is 1.41. The summed E-state index contributed by atoms with van der Waals surface area (Å²) in [5, 5.41) is 0. The van der Waals surface area contributed by atoms with E-state index in [1.54, 1.807) is 25.4 Å². The summed E-state index contributed by atoms with van der Waals surface area (Å²) in [7, 11) is 0. The first kappa shape index (κ1) is 8.17. The van der Waals surface area contributed by atoms with E-state index in [9.17, 15) is 4.39 Å². The number of halogens is 1. The van der Waals surface area contributed by atoms with Gasteiger partial charge >= 0.3 is 0 Å². The maximum Gasteiger partial charge on any atom is 0.126 e. The Bertz CT molecular complexity index is 391. The average molecular weight is 175 g/mol. The number of nitrogens with zero attached hydrogens (tertiary/aromatic N) is 1. The third-order valence-electron chi connectivity index (χ3n) is 2.18. The second-order valence-electron chi connectivity index (χ2n) is 3.15. The predicted molar refractivity (Wildman–Crippen MR) is 52.4 cm³/mol. The molecular formula is C11H10FN. The summed E-state index contributed by atoms with van der Waals surface area (Å²) in [6.45, 7) is 1.77. The van der Waals surface area contributed by atoms with Gasteiger partial charge in [-0.2, -0.15) is 0 Å². The van der Waals surface area contributed by atoms with Gasteiger partial charge in [0.05, 0.1) is 0 Å². The van der Waals surface area contributed by atoms with Crippen LogP contribution in [0.1, 0.15) is 16.7 Å². The topological polar surface area (TPSA) is 12.4 Å². The lowest BCUT2D eigenvalue weighted by atomic mass is 10.0. The van der Waals surface area contributed by atoms with Crippen LogP contribution < -0.4 is 0 Å². The highest BCUT2D eigenvalue weighted by Crippen LogP contribution is 2.18. The highest BCUT2D eigenvalue weighted by atomic mass is 19.1. The van der Waals surface area contributed by atoms with Gasteiger partial charge < -0.3 is 0 Å². The van der Waals surface area contributed by atoms with Crippen molar-refractivity contribution in [1.29, 1.82) is 0 Å². The first-order valence-electron chi connectivity index (χ1n) is 4.24. The van der Waals surface area contributed by atoms with Gasteiger partial charge in [0.15, 0.2) is 0 Å². The fraction of sp³-hybridized carbons (Fsp3) is 0.182. The van der Waals surface area contributed by atoms with Crippen LogP contribution in [0.15, 0.2) is 23.3 Å². The number of benzene rings is 1. The second-order valence-corrected chi connectivity index (χ2v) is 3.15. The van der Waals surface area contributed by atoms with Gasteiger partial charge in [-0.25, -0.2) is 4.39 Å². The van der Waals surface area contributed by atoms with E-state index in [0.717, 1.165) is 11.1 Å². The van der Waals surface area contributed by atoms with Gasteiger partial charge in [0, 0.05) is 18.8 Å². The van der Waals surface area contributed by atoms with Crippen molar-refractivity contribution in [3.05, 3.63) is 40.8 Å². The smallest absolute Gasteiger partial charge is 0.126 e. The molecule has 1 heterocycles. The van der Waals surface area contributed by atoms with Crippen molar-refractivity contribution in [2.24, 2.45) is 4.99 Å². The molecule has 2 heteroatoms. The minimum Gasteiger partial charge on any atom is -0.269 e. The number of hydrogen-bond acceptors (Lipinski definition) is 1. The Hall–Kier alpha value is -1.44. The molecule has 0 aliphatic carbocycles. The normalized spacial score (nSPS) is 14.0. The number of aliphatic imine (C=N–C) groups is 1. The molecule has 0 spiro atoms. The molecule has 2 rings (SSSR count). The van der Waals surface area contributed by atoms with Crippen LogP contribution in [-0.2, 0) is 6.42 Å².